The van der Waals surface area contributed by atoms with E-state index in [0.29, 0.717) is 18.0 Å². The molecule has 0 unspecified atom stereocenters. The molecule has 0 aromatic heterocycles. The van der Waals surface area contributed by atoms with Crippen molar-refractivity contribution in [2.45, 2.75) is 6.04 Å². The summed E-state index contributed by atoms with van der Waals surface area (Å²) in [6.45, 7) is 0.608. The van der Waals surface area contributed by atoms with Crippen molar-refractivity contribution in [3.8, 4) is 5.75 Å². The topological polar surface area (TPSA) is 116 Å². The molecular formula is C13H17N3O5. The summed E-state index contributed by atoms with van der Waals surface area (Å²) >= 11 is 0. The molecule has 0 radical (unpaired) electrons. The van der Waals surface area contributed by atoms with E-state index >= 15 is 0 Å². The molecule has 1 amide bonds. The van der Waals surface area contributed by atoms with E-state index in [0.717, 1.165) is 10.6 Å². The summed E-state index contributed by atoms with van der Waals surface area (Å²) in [5, 5.41) is 18.2. The van der Waals surface area contributed by atoms with Gasteiger partial charge in [0.25, 0.3) is 0 Å². The highest BCUT2D eigenvalue weighted by Gasteiger charge is 2.35. The molecule has 1 aliphatic rings. The van der Waals surface area contributed by atoms with E-state index in [1.54, 1.807) is 23.1 Å². The van der Waals surface area contributed by atoms with Crippen molar-refractivity contribution in [2.75, 3.05) is 37.4 Å². The SMILES string of the molecule is COc1cc(N2CCN(C(=O)O)[C@H](C(=O)O)C2)ccc1N. The van der Waals surface area contributed by atoms with E-state index in [9.17, 15) is 14.7 Å². The average molecular weight is 295 g/mol. The predicted octanol–water partition coefficient (Wildman–Crippen LogP) is 0.531. The van der Waals surface area contributed by atoms with Gasteiger partial charge in [-0.15, -0.1) is 0 Å². The van der Waals surface area contributed by atoms with Gasteiger partial charge in [-0.2, -0.15) is 0 Å². The molecule has 0 bridgehead atoms. The van der Waals surface area contributed by atoms with Crippen LogP contribution in [0, 0.1) is 0 Å². The zero-order valence-corrected chi connectivity index (χ0v) is 11.5. The molecule has 1 aromatic carbocycles. The van der Waals surface area contributed by atoms with Crippen molar-refractivity contribution in [1.82, 2.24) is 4.90 Å². The number of carboxylic acids is 1. The fraction of sp³-hybridized carbons (Fsp3) is 0.385. The predicted molar refractivity (Wildman–Crippen MR) is 75.8 cm³/mol. The molecule has 8 heteroatoms. The summed E-state index contributed by atoms with van der Waals surface area (Å²) in [6, 6.07) is 4.05. The molecule has 1 atom stereocenters. The van der Waals surface area contributed by atoms with Crippen LogP contribution in [0.2, 0.25) is 0 Å². The zero-order chi connectivity index (χ0) is 15.6. The van der Waals surface area contributed by atoms with Gasteiger partial charge in [-0.3, -0.25) is 4.90 Å². The molecule has 1 fully saturated rings. The smallest absolute Gasteiger partial charge is 0.408 e. The summed E-state index contributed by atoms with van der Waals surface area (Å²) in [6.07, 6.45) is -1.23. The number of hydrogen-bond acceptors (Lipinski definition) is 5. The standard InChI is InChI=1S/C13H17N3O5/c1-21-11-6-8(2-3-9(11)14)15-4-5-16(13(19)20)10(7-15)12(17)18/h2-3,6,10H,4-5,7,14H2,1H3,(H,17,18)(H,19,20)/t10-/m0/s1. The number of aliphatic carboxylic acids is 1. The van der Waals surface area contributed by atoms with Gasteiger partial charge in [0.2, 0.25) is 0 Å². The van der Waals surface area contributed by atoms with Crippen LogP contribution in [0.3, 0.4) is 0 Å². The summed E-state index contributed by atoms with van der Waals surface area (Å²) in [4.78, 5) is 25.1. The Morgan fingerprint density at radius 2 is 2.05 bits per heavy atom. The Hall–Kier alpha value is -2.64. The van der Waals surface area contributed by atoms with Crippen LogP contribution in [0.15, 0.2) is 18.2 Å². The van der Waals surface area contributed by atoms with Crippen molar-refractivity contribution >= 4 is 23.4 Å². The second-order valence-electron chi connectivity index (χ2n) is 4.70. The summed E-state index contributed by atoms with van der Waals surface area (Å²) in [7, 11) is 1.50. The fourth-order valence-electron chi connectivity index (χ4n) is 2.35. The molecule has 2 rings (SSSR count). The highest BCUT2D eigenvalue weighted by Crippen LogP contribution is 2.28. The highest BCUT2D eigenvalue weighted by molar-refractivity contribution is 5.81. The molecule has 21 heavy (non-hydrogen) atoms. The molecule has 1 saturated heterocycles. The van der Waals surface area contributed by atoms with Crippen LogP contribution >= 0.6 is 0 Å². The van der Waals surface area contributed by atoms with E-state index in [2.05, 4.69) is 0 Å². The van der Waals surface area contributed by atoms with Crippen LogP contribution in [0.25, 0.3) is 0 Å². The van der Waals surface area contributed by atoms with Crippen molar-refractivity contribution in [3.05, 3.63) is 18.2 Å². The minimum atomic E-state index is -1.23. The number of piperazine rings is 1. The third-order valence-corrected chi connectivity index (χ3v) is 3.49. The number of nitrogens with two attached hydrogens (primary N) is 1. The van der Waals surface area contributed by atoms with Crippen LogP contribution < -0.4 is 15.4 Å². The highest BCUT2D eigenvalue weighted by atomic mass is 16.5. The van der Waals surface area contributed by atoms with E-state index in [1.165, 1.54) is 7.11 Å². The molecule has 1 aromatic rings. The first kappa shape index (κ1) is 14.8. The quantitative estimate of drug-likeness (QED) is 0.696. The van der Waals surface area contributed by atoms with Crippen molar-refractivity contribution in [3.63, 3.8) is 0 Å². The minimum Gasteiger partial charge on any atom is -0.495 e. The third kappa shape index (κ3) is 2.93. The van der Waals surface area contributed by atoms with Gasteiger partial charge >= 0.3 is 12.1 Å². The zero-order valence-electron chi connectivity index (χ0n) is 11.5. The largest absolute Gasteiger partial charge is 0.495 e. The third-order valence-electron chi connectivity index (χ3n) is 3.49. The lowest BCUT2D eigenvalue weighted by molar-refractivity contribution is -0.142. The maximum Gasteiger partial charge on any atom is 0.408 e. The molecule has 1 aliphatic heterocycles. The number of anilines is 2. The van der Waals surface area contributed by atoms with Crippen LogP contribution in [-0.4, -0.2) is 60.0 Å². The van der Waals surface area contributed by atoms with Crippen LogP contribution in [0.1, 0.15) is 0 Å². The second kappa shape index (κ2) is 5.78. The molecule has 0 aliphatic carbocycles. The lowest BCUT2D eigenvalue weighted by Gasteiger charge is -2.39. The number of amides is 1. The molecule has 0 spiro atoms. The lowest BCUT2D eigenvalue weighted by atomic mass is 10.1. The van der Waals surface area contributed by atoms with Gasteiger partial charge in [0, 0.05) is 31.4 Å². The Morgan fingerprint density at radius 1 is 1.33 bits per heavy atom. The summed E-state index contributed by atoms with van der Waals surface area (Å²) < 4.78 is 5.14. The molecule has 8 nitrogen and oxygen atoms in total. The number of carboxylic acid groups (broad SMARTS) is 2. The van der Waals surface area contributed by atoms with Crippen LogP contribution in [0.5, 0.6) is 5.75 Å². The van der Waals surface area contributed by atoms with Gasteiger partial charge in [0.15, 0.2) is 0 Å². The number of nitrogens with zero attached hydrogens (tertiary/aromatic N) is 2. The van der Waals surface area contributed by atoms with Gasteiger partial charge < -0.3 is 25.6 Å². The van der Waals surface area contributed by atoms with Gasteiger partial charge in [-0.05, 0) is 12.1 Å². The van der Waals surface area contributed by atoms with E-state index in [4.69, 9.17) is 15.6 Å². The Balaban J connectivity index is 2.23. The number of carbonyl (C=O) groups is 2. The van der Waals surface area contributed by atoms with Gasteiger partial charge in [-0.25, -0.2) is 9.59 Å². The van der Waals surface area contributed by atoms with Gasteiger partial charge in [-0.1, -0.05) is 0 Å². The Bertz CT molecular complexity index is 563. The van der Waals surface area contributed by atoms with Crippen LogP contribution in [0.4, 0.5) is 16.2 Å². The normalized spacial score (nSPS) is 18.4. The van der Waals surface area contributed by atoms with Crippen molar-refractivity contribution in [2.24, 2.45) is 0 Å². The average Bonchev–Trinajstić information content (AvgIpc) is 2.47. The maximum atomic E-state index is 11.2. The number of rotatable bonds is 3. The first-order valence-corrected chi connectivity index (χ1v) is 6.35. The molecule has 1 heterocycles. The number of methoxy groups -OCH3 is 1. The van der Waals surface area contributed by atoms with E-state index < -0.39 is 18.1 Å². The first-order chi connectivity index (χ1) is 9.93. The minimum absolute atomic E-state index is 0.0781. The summed E-state index contributed by atoms with van der Waals surface area (Å²) in [5.74, 6) is -0.662. The van der Waals surface area contributed by atoms with E-state index in [1.807, 2.05) is 0 Å². The van der Waals surface area contributed by atoms with Crippen LogP contribution in [-0.2, 0) is 4.79 Å². The Morgan fingerprint density at radius 3 is 2.62 bits per heavy atom. The number of hydrogen-bond donors (Lipinski definition) is 3. The first-order valence-electron chi connectivity index (χ1n) is 6.35. The second-order valence-corrected chi connectivity index (χ2v) is 4.70. The maximum absolute atomic E-state index is 11.2. The lowest BCUT2D eigenvalue weighted by Crippen LogP contribution is -2.58. The number of benzene rings is 1. The van der Waals surface area contributed by atoms with E-state index in [-0.39, 0.29) is 13.1 Å². The Labute approximate surface area is 121 Å². The monoisotopic (exact) mass is 295 g/mol. The van der Waals surface area contributed by atoms with Gasteiger partial charge in [0.1, 0.15) is 11.8 Å². The van der Waals surface area contributed by atoms with Crippen molar-refractivity contribution in [1.29, 1.82) is 0 Å². The van der Waals surface area contributed by atoms with Gasteiger partial charge in [0.05, 0.1) is 12.8 Å². The summed E-state index contributed by atoms with van der Waals surface area (Å²) in [5.41, 5.74) is 6.98. The number of nitrogen functional groups attached to an aromatic ring is 1. The molecule has 4 N–H and O–H groups in total. The number of ether oxygens (including phenoxy) is 1. The molecule has 114 valence electrons. The fourth-order valence-corrected chi connectivity index (χ4v) is 2.35. The Kier molecular flexibility index (Phi) is 4.06. The van der Waals surface area contributed by atoms with Crippen molar-refractivity contribution < 1.29 is 24.5 Å². The molecule has 0 saturated carbocycles. The molecular weight excluding hydrogens is 278 g/mol.